The van der Waals surface area contributed by atoms with E-state index >= 15 is 0 Å². The van der Waals surface area contributed by atoms with Gasteiger partial charge in [-0.15, -0.1) is 0 Å². The Kier molecular flexibility index (Phi) is 4.46. The number of benzene rings is 2. The van der Waals surface area contributed by atoms with Crippen LogP contribution in [0.5, 0.6) is 0 Å². The fourth-order valence-electron chi connectivity index (χ4n) is 2.11. The topological polar surface area (TPSA) is 32.3 Å². The second-order valence-corrected chi connectivity index (χ2v) is 6.73. The lowest BCUT2D eigenvalue weighted by Gasteiger charge is -2.14. The molecule has 1 aliphatic rings. The highest BCUT2D eigenvalue weighted by Crippen LogP contribution is 2.24. The Bertz CT molecular complexity index is 789. The molecule has 2 aromatic carbocycles. The number of rotatable bonds is 2. The number of hydrogen-bond donors (Lipinski definition) is 1. The number of amides is 1. The number of nitrogens with zero attached hydrogens (tertiary/aromatic N) is 1. The van der Waals surface area contributed by atoms with E-state index < -0.39 is 0 Å². The summed E-state index contributed by atoms with van der Waals surface area (Å²) in [6.45, 7) is 0. The maximum atomic E-state index is 12.6. The molecule has 0 saturated carbocycles. The lowest BCUT2D eigenvalue weighted by atomic mass is 10.2. The minimum Gasteiger partial charge on any atom is -0.327 e. The maximum Gasteiger partial charge on any atom is 0.281 e. The molecule has 1 fully saturated rings. The van der Waals surface area contributed by atoms with Crippen molar-refractivity contribution < 1.29 is 4.79 Å². The summed E-state index contributed by atoms with van der Waals surface area (Å²) in [6, 6.07) is 14.9. The third-order valence-corrected chi connectivity index (χ3v) is 4.33. The van der Waals surface area contributed by atoms with E-state index in [-0.39, 0.29) is 5.91 Å². The van der Waals surface area contributed by atoms with E-state index in [1.54, 1.807) is 18.2 Å². The van der Waals surface area contributed by atoms with Gasteiger partial charge in [0.1, 0.15) is 5.70 Å². The van der Waals surface area contributed by atoms with Crippen molar-refractivity contribution in [3.8, 4) is 0 Å². The van der Waals surface area contributed by atoms with Gasteiger partial charge in [0.15, 0.2) is 5.11 Å². The summed E-state index contributed by atoms with van der Waals surface area (Å²) in [5, 5.41) is 4.01. The molecule has 2 aromatic rings. The van der Waals surface area contributed by atoms with Crippen LogP contribution >= 0.6 is 46.4 Å². The molecule has 3 rings (SSSR count). The lowest BCUT2D eigenvalue weighted by molar-refractivity contribution is -0.113. The molecule has 1 heterocycles. The van der Waals surface area contributed by atoms with Gasteiger partial charge < -0.3 is 5.32 Å². The maximum absolute atomic E-state index is 12.6. The SMILES string of the molecule is O=C1/C(=C/c2ccc(Cl)cc2)NC(=S)N1c1cccc(I)c1. The molecule has 22 heavy (non-hydrogen) atoms. The van der Waals surface area contributed by atoms with Crippen LogP contribution in [0.4, 0.5) is 5.69 Å². The number of halogens is 2. The lowest BCUT2D eigenvalue weighted by Crippen LogP contribution is -2.30. The smallest absolute Gasteiger partial charge is 0.281 e. The summed E-state index contributed by atoms with van der Waals surface area (Å²) in [5.74, 6) is -0.165. The fraction of sp³-hybridized carbons (Fsp3) is 0. The highest BCUT2D eigenvalue weighted by molar-refractivity contribution is 14.1. The van der Waals surface area contributed by atoms with E-state index in [1.807, 2.05) is 36.4 Å². The van der Waals surface area contributed by atoms with Crippen LogP contribution in [0.1, 0.15) is 5.56 Å². The van der Waals surface area contributed by atoms with E-state index in [0.29, 0.717) is 15.8 Å². The summed E-state index contributed by atoms with van der Waals surface area (Å²) in [5.41, 5.74) is 2.09. The van der Waals surface area contributed by atoms with Crippen LogP contribution in [-0.2, 0) is 4.79 Å². The molecule has 1 saturated heterocycles. The molecule has 0 spiro atoms. The molecule has 110 valence electrons. The molecule has 6 heteroatoms. The Labute approximate surface area is 152 Å². The monoisotopic (exact) mass is 440 g/mol. The predicted molar refractivity (Wildman–Crippen MR) is 102 cm³/mol. The molecule has 1 aliphatic heterocycles. The third-order valence-electron chi connectivity index (χ3n) is 3.13. The highest BCUT2D eigenvalue weighted by Gasteiger charge is 2.31. The van der Waals surface area contributed by atoms with Crippen molar-refractivity contribution in [3.63, 3.8) is 0 Å². The second kappa shape index (κ2) is 6.36. The molecule has 0 radical (unpaired) electrons. The molecule has 1 N–H and O–H groups in total. The van der Waals surface area contributed by atoms with Gasteiger partial charge in [-0.2, -0.15) is 0 Å². The van der Waals surface area contributed by atoms with Crippen molar-refractivity contribution >= 4 is 69.2 Å². The van der Waals surface area contributed by atoms with Gasteiger partial charge in [0, 0.05) is 8.59 Å². The van der Waals surface area contributed by atoms with Crippen molar-refractivity contribution in [2.75, 3.05) is 4.90 Å². The van der Waals surface area contributed by atoms with Crippen LogP contribution in [0.15, 0.2) is 54.2 Å². The zero-order valence-corrected chi connectivity index (χ0v) is 14.9. The van der Waals surface area contributed by atoms with Gasteiger partial charge in [0.25, 0.3) is 5.91 Å². The summed E-state index contributed by atoms with van der Waals surface area (Å²) in [4.78, 5) is 14.1. The van der Waals surface area contributed by atoms with Crippen molar-refractivity contribution in [2.24, 2.45) is 0 Å². The molecule has 0 aliphatic carbocycles. The minimum atomic E-state index is -0.165. The van der Waals surface area contributed by atoms with Crippen LogP contribution in [0.25, 0.3) is 6.08 Å². The normalized spacial score (nSPS) is 16.3. The van der Waals surface area contributed by atoms with E-state index in [1.165, 1.54) is 4.90 Å². The first kappa shape index (κ1) is 15.5. The standard InChI is InChI=1S/C16H10ClIN2OS/c17-11-6-4-10(5-7-11)8-14-15(21)20(16(22)19-14)13-3-1-2-12(18)9-13/h1-9H,(H,19,22)/b14-8-. The van der Waals surface area contributed by atoms with Crippen LogP contribution in [0, 0.1) is 3.57 Å². The summed E-state index contributed by atoms with van der Waals surface area (Å²) in [6.07, 6.45) is 1.76. The number of anilines is 1. The Morgan fingerprint density at radius 1 is 1.18 bits per heavy atom. The molecule has 1 amide bonds. The molecule has 0 bridgehead atoms. The first-order valence-electron chi connectivity index (χ1n) is 6.43. The van der Waals surface area contributed by atoms with E-state index in [2.05, 4.69) is 27.9 Å². The minimum absolute atomic E-state index is 0.165. The largest absolute Gasteiger partial charge is 0.327 e. The average molecular weight is 441 g/mol. The molecular formula is C16H10ClIN2OS. The van der Waals surface area contributed by atoms with Gasteiger partial charge >= 0.3 is 0 Å². The quantitative estimate of drug-likeness (QED) is 0.431. The number of nitrogens with one attached hydrogen (secondary N) is 1. The van der Waals surface area contributed by atoms with Gasteiger partial charge in [0.2, 0.25) is 0 Å². The van der Waals surface area contributed by atoms with Gasteiger partial charge in [-0.05, 0) is 76.8 Å². The van der Waals surface area contributed by atoms with Crippen molar-refractivity contribution in [3.05, 3.63) is 68.4 Å². The third kappa shape index (κ3) is 3.16. The molecule has 0 unspecified atom stereocenters. The van der Waals surface area contributed by atoms with Crippen molar-refractivity contribution in [2.45, 2.75) is 0 Å². The molecule has 3 nitrogen and oxygen atoms in total. The predicted octanol–water partition coefficient (Wildman–Crippen LogP) is 4.21. The Morgan fingerprint density at radius 2 is 1.91 bits per heavy atom. The van der Waals surface area contributed by atoms with Crippen LogP contribution in [-0.4, -0.2) is 11.0 Å². The van der Waals surface area contributed by atoms with Crippen LogP contribution in [0.2, 0.25) is 5.02 Å². The van der Waals surface area contributed by atoms with Gasteiger partial charge in [-0.25, -0.2) is 0 Å². The second-order valence-electron chi connectivity index (χ2n) is 4.66. The number of carbonyl (C=O) groups excluding carboxylic acids is 1. The van der Waals surface area contributed by atoms with Crippen molar-refractivity contribution in [1.29, 1.82) is 0 Å². The van der Waals surface area contributed by atoms with Crippen LogP contribution < -0.4 is 10.2 Å². The zero-order valence-electron chi connectivity index (χ0n) is 11.2. The number of hydrogen-bond acceptors (Lipinski definition) is 2. The first-order valence-corrected chi connectivity index (χ1v) is 8.29. The van der Waals surface area contributed by atoms with Gasteiger partial charge in [0.05, 0.1) is 5.69 Å². The average Bonchev–Trinajstić information content (AvgIpc) is 2.76. The Hall–Kier alpha value is -1.44. The van der Waals surface area contributed by atoms with Crippen LogP contribution in [0.3, 0.4) is 0 Å². The van der Waals surface area contributed by atoms with E-state index in [9.17, 15) is 4.79 Å². The number of carbonyl (C=O) groups is 1. The summed E-state index contributed by atoms with van der Waals surface area (Å²) >= 11 is 13.4. The van der Waals surface area contributed by atoms with Gasteiger partial charge in [-0.3, -0.25) is 9.69 Å². The zero-order chi connectivity index (χ0) is 15.7. The Balaban J connectivity index is 1.93. The summed E-state index contributed by atoms with van der Waals surface area (Å²) < 4.78 is 1.04. The van der Waals surface area contributed by atoms with E-state index in [4.69, 9.17) is 23.8 Å². The summed E-state index contributed by atoms with van der Waals surface area (Å²) in [7, 11) is 0. The van der Waals surface area contributed by atoms with Crippen molar-refractivity contribution in [1.82, 2.24) is 5.32 Å². The Morgan fingerprint density at radius 3 is 2.59 bits per heavy atom. The van der Waals surface area contributed by atoms with E-state index in [0.717, 1.165) is 14.8 Å². The molecule has 0 atom stereocenters. The molecule has 0 aromatic heterocycles. The fourth-order valence-corrected chi connectivity index (χ4v) is 3.06. The number of thiocarbonyl (C=S) groups is 1. The van der Waals surface area contributed by atoms with Gasteiger partial charge in [-0.1, -0.05) is 29.8 Å². The highest BCUT2D eigenvalue weighted by atomic mass is 127. The molecular weight excluding hydrogens is 431 g/mol. The first-order chi connectivity index (χ1) is 10.5.